The van der Waals surface area contributed by atoms with Crippen LogP contribution in [-0.2, 0) is 9.47 Å². The second kappa shape index (κ2) is 7.16. The predicted octanol–water partition coefficient (Wildman–Crippen LogP) is 4.96. The van der Waals surface area contributed by atoms with Gasteiger partial charge >= 0.3 is 0 Å². The minimum Gasteiger partial charge on any atom is -0.377 e. The molecule has 24 heavy (non-hydrogen) atoms. The van der Waals surface area contributed by atoms with Gasteiger partial charge in [0.05, 0.1) is 26.4 Å². The van der Waals surface area contributed by atoms with Crippen LogP contribution in [-0.4, -0.2) is 26.4 Å². The molecule has 0 amide bonds. The van der Waals surface area contributed by atoms with Gasteiger partial charge in [-0.05, 0) is 46.2 Å². The summed E-state index contributed by atoms with van der Waals surface area (Å²) in [6.07, 6.45) is 6.39. The van der Waals surface area contributed by atoms with Crippen molar-refractivity contribution in [1.29, 1.82) is 0 Å². The fraction of sp³-hybridized carbons (Fsp3) is 0.273. The van der Waals surface area contributed by atoms with Crippen LogP contribution in [0.3, 0.4) is 0 Å². The Morgan fingerprint density at radius 2 is 0.875 bits per heavy atom. The Morgan fingerprint density at radius 3 is 1.21 bits per heavy atom. The first kappa shape index (κ1) is 15.4. The molecule has 2 aromatic carbocycles. The quantitative estimate of drug-likeness (QED) is 0.796. The second-order valence-electron chi connectivity index (χ2n) is 6.26. The Balaban J connectivity index is 1.53. The first-order chi connectivity index (χ1) is 11.9. The zero-order valence-electron chi connectivity index (χ0n) is 13.8. The smallest absolute Gasteiger partial charge is 0.0653 e. The van der Waals surface area contributed by atoms with E-state index in [0.29, 0.717) is 0 Å². The monoisotopic (exact) mass is 318 g/mol. The van der Waals surface area contributed by atoms with Crippen LogP contribution in [0.4, 0.5) is 0 Å². The third kappa shape index (κ3) is 3.35. The van der Waals surface area contributed by atoms with Gasteiger partial charge in [0.15, 0.2) is 0 Å². The number of ether oxygens (including phenoxy) is 2. The zero-order valence-corrected chi connectivity index (χ0v) is 13.8. The van der Waals surface area contributed by atoms with E-state index in [-0.39, 0.29) is 0 Å². The average molecular weight is 318 g/mol. The molecule has 0 atom stereocenters. The lowest BCUT2D eigenvalue weighted by Gasteiger charge is -2.15. The van der Waals surface area contributed by atoms with Gasteiger partial charge in [-0.3, -0.25) is 0 Å². The topological polar surface area (TPSA) is 18.5 Å². The van der Waals surface area contributed by atoms with Crippen molar-refractivity contribution in [2.24, 2.45) is 0 Å². The Hall–Kier alpha value is -2.16. The summed E-state index contributed by atoms with van der Waals surface area (Å²) in [7, 11) is 0. The van der Waals surface area contributed by atoms with Gasteiger partial charge < -0.3 is 9.47 Å². The van der Waals surface area contributed by atoms with Crippen LogP contribution in [0.25, 0.3) is 22.3 Å². The first-order valence-corrected chi connectivity index (χ1v) is 8.65. The predicted molar refractivity (Wildman–Crippen MR) is 98.7 cm³/mol. The van der Waals surface area contributed by atoms with Gasteiger partial charge in [-0.2, -0.15) is 0 Å². The molecule has 2 nitrogen and oxygen atoms in total. The molecule has 0 spiro atoms. The van der Waals surface area contributed by atoms with E-state index in [4.69, 9.17) is 9.47 Å². The summed E-state index contributed by atoms with van der Waals surface area (Å²) < 4.78 is 10.8. The Labute approximate surface area is 143 Å². The number of hydrogen-bond donors (Lipinski definition) is 0. The van der Waals surface area contributed by atoms with E-state index >= 15 is 0 Å². The molecular weight excluding hydrogens is 296 g/mol. The summed E-state index contributed by atoms with van der Waals surface area (Å²) in [6, 6.07) is 17.8. The molecule has 0 bridgehead atoms. The second-order valence-corrected chi connectivity index (χ2v) is 6.26. The van der Waals surface area contributed by atoms with Crippen LogP contribution < -0.4 is 0 Å². The van der Waals surface area contributed by atoms with Crippen molar-refractivity contribution in [2.45, 2.75) is 12.8 Å². The van der Waals surface area contributed by atoms with E-state index < -0.39 is 0 Å². The van der Waals surface area contributed by atoms with Crippen molar-refractivity contribution in [3.8, 4) is 11.1 Å². The highest BCUT2D eigenvalue weighted by Gasteiger charge is 2.08. The molecule has 2 aliphatic rings. The van der Waals surface area contributed by atoms with Crippen LogP contribution in [0.1, 0.15) is 24.0 Å². The fourth-order valence-corrected chi connectivity index (χ4v) is 3.33. The largest absolute Gasteiger partial charge is 0.377 e. The van der Waals surface area contributed by atoms with Crippen LogP contribution in [0.15, 0.2) is 60.7 Å². The normalized spacial score (nSPS) is 18.0. The Kier molecular flexibility index (Phi) is 4.59. The summed E-state index contributed by atoms with van der Waals surface area (Å²) in [5.41, 5.74) is 7.94. The molecule has 122 valence electrons. The summed E-state index contributed by atoms with van der Waals surface area (Å²) in [5.74, 6) is 0. The molecule has 0 saturated carbocycles. The highest BCUT2D eigenvalue weighted by atomic mass is 16.5. The van der Waals surface area contributed by atoms with Gasteiger partial charge in [0.25, 0.3) is 0 Å². The maximum absolute atomic E-state index is 5.39. The standard InChI is InChI=1S/C22H22O2/c1-5-19(21-9-13-23-14-10-21)6-2-17(1)18-3-7-20(8-4-18)22-11-15-24-16-12-22/h1-9,11H,10,12-16H2. The van der Waals surface area contributed by atoms with Crippen molar-refractivity contribution < 1.29 is 9.47 Å². The van der Waals surface area contributed by atoms with Gasteiger partial charge in [0.2, 0.25) is 0 Å². The van der Waals surface area contributed by atoms with E-state index in [1.54, 1.807) is 0 Å². The van der Waals surface area contributed by atoms with E-state index in [2.05, 4.69) is 60.7 Å². The minimum atomic E-state index is 0.736. The molecule has 2 aliphatic heterocycles. The first-order valence-electron chi connectivity index (χ1n) is 8.65. The zero-order chi connectivity index (χ0) is 16.2. The summed E-state index contributed by atoms with van der Waals surface area (Å²) >= 11 is 0. The third-order valence-corrected chi connectivity index (χ3v) is 4.77. The molecule has 0 aromatic heterocycles. The van der Waals surface area contributed by atoms with E-state index in [0.717, 1.165) is 39.3 Å². The molecule has 4 rings (SSSR count). The maximum Gasteiger partial charge on any atom is 0.0653 e. The fourth-order valence-electron chi connectivity index (χ4n) is 3.33. The van der Waals surface area contributed by atoms with Crippen LogP contribution in [0.2, 0.25) is 0 Å². The van der Waals surface area contributed by atoms with Gasteiger partial charge in [-0.1, -0.05) is 60.7 Å². The summed E-state index contributed by atoms with van der Waals surface area (Å²) in [4.78, 5) is 0. The average Bonchev–Trinajstić information content (AvgIpc) is 2.70. The van der Waals surface area contributed by atoms with E-state index in [1.165, 1.54) is 33.4 Å². The molecule has 0 fully saturated rings. The van der Waals surface area contributed by atoms with Crippen molar-refractivity contribution in [2.75, 3.05) is 26.4 Å². The van der Waals surface area contributed by atoms with Crippen LogP contribution in [0, 0.1) is 0 Å². The van der Waals surface area contributed by atoms with Gasteiger partial charge in [-0.15, -0.1) is 0 Å². The SMILES string of the molecule is C1=C(c2ccc(-c3ccc(C4=CCOCC4)cc3)cc2)CCOC1. The molecule has 0 radical (unpaired) electrons. The molecular formula is C22H22O2. The van der Waals surface area contributed by atoms with E-state index in [9.17, 15) is 0 Å². The highest BCUT2D eigenvalue weighted by molar-refractivity contribution is 5.73. The van der Waals surface area contributed by atoms with Crippen molar-refractivity contribution >= 4 is 11.1 Å². The lowest BCUT2D eigenvalue weighted by molar-refractivity contribution is 0.161. The van der Waals surface area contributed by atoms with Gasteiger partial charge in [0.1, 0.15) is 0 Å². The highest BCUT2D eigenvalue weighted by Crippen LogP contribution is 2.27. The van der Waals surface area contributed by atoms with E-state index in [1.807, 2.05) is 0 Å². The molecule has 2 heterocycles. The van der Waals surface area contributed by atoms with Crippen molar-refractivity contribution in [3.05, 3.63) is 71.8 Å². The van der Waals surface area contributed by atoms with Crippen LogP contribution in [0.5, 0.6) is 0 Å². The number of hydrogen-bond acceptors (Lipinski definition) is 2. The maximum atomic E-state index is 5.39. The summed E-state index contributed by atoms with van der Waals surface area (Å²) in [5, 5.41) is 0. The Bertz CT molecular complexity index is 684. The lowest BCUT2D eigenvalue weighted by atomic mass is 9.96. The Morgan fingerprint density at radius 1 is 0.500 bits per heavy atom. The lowest BCUT2D eigenvalue weighted by Crippen LogP contribution is -2.03. The number of rotatable bonds is 3. The van der Waals surface area contributed by atoms with Crippen molar-refractivity contribution in [3.63, 3.8) is 0 Å². The molecule has 0 saturated heterocycles. The molecule has 2 aromatic rings. The summed E-state index contributed by atoms with van der Waals surface area (Å²) in [6.45, 7) is 3.13. The third-order valence-electron chi connectivity index (χ3n) is 4.77. The molecule has 2 heteroatoms. The molecule has 0 aliphatic carbocycles. The van der Waals surface area contributed by atoms with Crippen molar-refractivity contribution in [1.82, 2.24) is 0 Å². The molecule has 0 unspecified atom stereocenters. The van der Waals surface area contributed by atoms with Gasteiger partial charge in [-0.25, -0.2) is 0 Å². The molecule has 0 N–H and O–H groups in total. The minimum absolute atomic E-state index is 0.736. The number of benzene rings is 2. The van der Waals surface area contributed by atoms with Gasteiger partial charge in [0, 0.05) is 0 Å². The van der Waals surface area contributed by atoms with Crippen LogP contribution >= 0.6 is 0 Å².